The Morgan fingerprint density at radius 3 is 2.55 bits per heavy atom. The SMILES string of the molecule is COC(=O)CNC(=O)c1cccc(NC(=O)c2cc(-c3ccccc3)nc3onc(C)c23)c1. The molecule has 0 radical (unpaired) electrons. The molecule has 2 aromatic heterocycles. The maximum absolute atomic E-state index is 13.2. The first-order valence-corrected chi connectivity index (χ1v) is 10.0. The summed E-state index contributed by atoms with van der Waals surface area (Å²) in [6.07, 6.45) is 0. The van der Waals surface area contributed by atoms with Crippen LogP contribution in [0.1, 0.15) is 26.4 Å². The molecule has 0 aliphatic heterocycles. The molecule has 0 bridgehead atoms. The van der Waals surface area contributed by atoms with E-state index in [4.69, 9.17) is 4.52 Å². The minimum atomic E-state index is -0.562. The van der Waals surface area contributed by atoms with Gasteiger partial charge in [0.05, 0.1) is 29.4 Å². The highest BCUT2D eigenvalue weighted by molar-refractivity contribution is 6.13. The van der Waals surface area contributed by atoms with Gasteiger partial charge >= 0.3 is 5.97 Å². The summed E-state index contributed by atoms with van der Waals surface area (Å²) in [6, 6.07) is 17.5. The lowest BCUT2D eigenvalue weighted by molar-refractivity contribution is -0.139. The lowest BCUT2D eigenvalue weighted by Crippen LogP contribution is -2.30. The Morgan fingerprint density at radius 2 is 1.79 bits per heavy atom. The van der Waals surface area contributed by atoms with Crippen LogP contribution in [0.2, 0.25) is 0 Å². The fourth-order valence-corrected chi connectivity index (χ4v) is 3.29. The summed E-state index contributed by atoms with van der Waals surface area (Å²) in [5.41, 5.74) is 3.23. The van der Waals surface area contributed by atoms with Crippen LogP contribution < -0.4 is 10.6 Å². The van der Waals surface area contributed by atoms with Crippen LogP contribution in [0.5, 0.6) is 0 Å². The van der Waals surface area contributed by atoms with Crippen molar-refractivity contribution in [3.63, 3.8) is 0 Å². The van der Waals surface area contributed by atoms with E-state index in [1.807, 2.05) is 30.3 Å². The quantitative estimate of drug-likeness (QED) is 0.437. The summed E-state index contributed by atoms with van der Waals surface area (Å²) in [5.74, 6) is -1.44. The highest BCUT2D eigenvalue weighted by Crippen LogP contribution is 2.27. The number of methoxy groups -OCH3 is 1. The van der Waals surface area contributed by atoms with Crippen molar-refractivity contribution in [2.75, 3.05) is 19.0 Å². The molecular weight excluding hydrogens is 424 g/mol. The van der Waals surface area contributed by atoms with Crippen LogP contribution in [-0.4, -0.2) is 41.6 Å². The molecule has 2 heterocycles. The van der Waals surface area contributed by atoms with Gasteiger partial charge in [-0.25, -0.2) is 4.98 Å². The molecule has 2 aromatic carbocycles. The number of pyridine rings is 1. The van der Waals surface area contributed by atoms with Crippen LogP contribution in [0, 0.1) is 6.92 Å². The number of rotatable bonds is 6. The van der Waals surface area contributed by atoms with Gasteiger partial charge in [-0.1, -0.05) is 41.6 Å². The predicted molar refractivity (Wildman–Crippen MR) is 121 cm³/mol. The molecule has 0 unspecified atom stereocenters. The van der Waals surface area contributed by atoms with Crippen LogP contribution in [0.25, 0.3) is 22.4 Å². The van der Waals surface area contributed by atoms with Crippen LogP contribution in [-0.2, 0) is 9.53 Å². The van der Waals surface area contributed by atoms with Gasteiger partial charge in [-0.15, -0.1) is 0 Å². The molecule has 4 aromatic rings. The zero-order valence-electron chi connectivity index (χ0n) is 17.9. The van der Waals surface area contributed by atoms with Crippen molar-refractivity contribution in [2.45, 2.75) is 6.92 Å². The van der Waals surface area contributed by atoms with E-state index in [0.29, 0.717) is 28.0 Å². The zero-order valence-corrected chi connectivity index (χ0v) is 17.9. The molecule has 0 saturated heterocycles. The molecule has 0 atom stereocenters. The molecule has 0 aliphatic rings. The Balaban J connectivity index is 1.63. The van der Waals surface area contributed by atoms with Crippen LogP contribution >= 0.6 is 0 Å². The maximum atomic E-state index is 13.2. The molecule has 4 rings (SSSR count). The van der Waals surface area contributed by atoms with Gasteiger partial charge in [-0.05, 0) is 31.2 Å². The number of nitrogens with zero attached hydrogens (tertiary/aromatic N) is 2. The Hall–Kier alpha value is -4.53. The number of carbonyl (C=O) groups is 3. The standard InChI is InChI=1S/C24H20N4O5/c1-14-21-18(12-19(27-24(21)33-28-14)15-7-4-3-5-8-15)23(31)26-17-10-6-9-16(11-17)22(30)25-13-20(29)32-2/h3-12H,13H2,1-2H3,(H,25,30)(H,26,31). The summed E-state index contributed by atoms with van der Waals surface area (Å²) in [4.78, 5) is 41.3. The lowest BCUT2D eigenvalue weighted by atomic mass is 10.0. The minimum Gasteiger partial charge on any atom is -0.468 e. The number of nitrogens with one attached hydrogen (secondary N) is 2. The third kappa shape index (κ3) is 4.72. The molecule has 9 nitrogen and oxygen atoms in total. The lowest BCUT2D eigenvalue weighted by Gasteiger charge is -2.10. The summed E-state index contributed by atoms with van der Waals surface area (Å²) in [7, 11) is 1.24. The number of aryl methyl sites for hydroxylation is 1. The first kappa shape index (κ1) is 21.7. The van der Waals surface area contributed by atoms with Crippen molar-refractivity contribution in [1.29, 1.82) is 0 Å². The molecule has 33 heavy (non-hydrogen) atoms. The van der Waals surface area contributed by atoms with E-state index in [1.54, 1.807) is 31.2 Å². The number of ether oxygens (including phenoxy) is 1. The predicted octanol–water partition coefficient (Wildman–Crippen LogP) is 3.35. The molecular formula is C24H20N4O5. The van der Waals surface area contributed by atoms with Gasteiger partial charge in [0.1, 0.15) is 6.54 Å². The summed E-state index contributed by atoms with van der Waals surface area (Å²) in [5, 5.41) is 9.73. The van der Waals surface area contributed by atoms with Gasteiger partial charge in [-0.3, -0.25) is 14.4 Å². The van der Waals surface area contributed by atoms with Crippen molar-refractivity contribution < 1.29 is 23.6 Å². The Bertz CT molecular complexity index is 1350. The van der Waals surface area contributed by atoms with Gasteiger partial charge in [-0.2, -0.15) is 0 Å². The van der Waals surface area contributed by atoms with Crippen molar-refractivity contribution in [2.24, 2.45) is 0 Å². The first-order chi connectivity index (χ1) is 16.0. The van der Waals surface area contributed by atoms with Crippen molar-refractivity contribution >= 4 is 34.6 Å². The molecule has 0 saturated carbocycles. The molecule has 166 valence electrons. The fraction of sp³-hybridized carbons (Fsp3) is 0.125. The van der Waals surface area contributed by atoms with E-state index >= 15 is 0 Å². The van der Waals surface area contributed by atoms with E-state index in [-0.39, 0.29) is 17.8 Å². The average Bonchev–Trinajstić information content (AvgIpc) is 3.23. The zero-order chi connectivity index (χ0) is 23.4. The van der Waals surface area contributed by atoms with Crippen LogP contribution in [0.15, 0.2) is 65.2 Å². The first-order valence-electron chi connectivity index (χ1n) is 10.0. The van der Waals surface area contributed by atoms with E-state index < -0.39 is 17.8 Å². The normalized spacial score (nSPS) is 10.6. The van der Waals surface area contributed by atoms with E-state index in [0.717, 1.165) is 5.56 Å². The van der Waals surface area contributed by atoms with E-state index in [9.17, 15) is 14.4 Å². The summed E-state index contributed by atoms with van der Waals surface area (Å²) < 4.78 is 9.84. The fourth-order valence-electron chi connectivity index (χ4n) is 3.29. The van der Waals surface area contributed by atoms with Crippen LogP contribution in [0.4, 0.5) is 5.69 Å². The molecule has 0 spiro atoms. The molecule has 2 N–H and O–H groups in total. The number of hydrogen-bond donors (Lipinski definition) is 2. The topological polar surface area (TPSA) is 123 Å². The van der Waals surface area contributed by atoms with Gasteiger partial charge in [0.15, 0.2) is 0 Å². The third-order valence-corrected chi connectivity index (χ3v) is 4.93. The van der Waals surface area contributed by atoms with Gasteiger partial charge < -0.3 is 19.9 Å². The monoisotopic (exact) mass is 444 g/mol. The highest BCUT2D eigenvalue weighted by Gasteiger charge is 2.20. The second kappa shape index (κ2) is 9.31. The van der Waals surface area contributed by atoms with Crippen molar-refractivity contribution in [3.05, 3.63) is 77.5 Å². The number of fused-ring (bicyclic) bond motifs is 1. The molecule has 9 heteroatoms. The van der Waals surface area contributed by atoms with Gasteiger partial charge in [0.25, 0.3) is 17.5 Å². The van der Waals surface area contributed by atoms with E-state index in [2.05, 4.69) is 25.5 Å². The second-order valence-electron chi connectivity index (χ2n) is 7.16. The van der Waals surface area contributed by atoms with Gasteiger partial charge in [0.2, 0.25) is 0 Å². The van der Waals surface area contributed by atoms with Crippen molar-refractivity contribution in [1.82, 2.24) is 15.5 Å². The number of hydrogen-bond acceptors (Lipinski definition) is 7. The van der Waals surface area contributed by atoms with Crippen molar-refractivity contribution in [3.8, 4) is 11.3 Å². The Morgan fingerprint density at radius 1 is 1.00 bits per heavy atom. The number of anilines is 1. The maximum Gasteiger partial charge on any atom is 0.325 e. The van der Waals surface area contributed by atoms with Gasteiger partial charge in [0, 0.05) is 16.8 Å². The third-order valence-electron chi connectivity index (χ3n) is 4.93. The van der Waals surface area contributed by atoms with E-state index in [1.165, 1.54) is 13.2 Å². The largest absolute Gasteiger partial charge is 0.468 e. The molecule has 2 amide bonds. The average molecular weight is 444 g/mol. The van der Waals surface area contributed by atoms with Crippen LogP contribution in [0.3, 0.4) is 0 Å². The number of amides is 2. The summed E-state index contributed by atoms with van der Waals surface area (Å²) >= 11 is 0. The number of benzene rings is 2. The number of aromatic nitrogens is 2. The number of esters is 1. The highest BCUT2D eigenvalue weighted by atomic mass is 16.5. The Labute approximate surface area is 188 Å². The molecule has 0 fully saturated rings. The molecule has 0 aliphatic carbocycles. The second-order valence-corrected chi connectivity index (χ2v) is 7.16. The number of carbonyl (C=O) groups excluding carboxylic acids is 3. The smallest absolute Gasteiger partial charge is 0.325 e. The summed E-state index contributed by atoms with van der Waals surface area (Å²) in [6.45, 7) is 1.48. The minimum absolute atomic E-state index is 0.254. The Kier molecular flexibility index (Phi) is 6.12.